The number of rotatable bonds is 3. The number of aryl methyl sites for hydroxylation is 1. The van der Waals surface area contributed by atoms with Crippen LogP contribution >= 0.6 is 0 Å². The monoisotopic (exact) mass is 278 g/mol. The second kappa shape index (κ2) is 5.32. The molecule has 0 saturated heterocycles. The van der Waals surface area contributed by atoms with Gasteiger partial charge >= 0.3 is 0 Å². The molecule has 0 unspecified atom stereocenters. The Kier molecular flexibility index (Phi) is 3.36. The van der Waals surface area contributed by atoms with Crippen molar-refractivity contribution in [3.05, 3.63) is 76.1 Å². The lowest BCUT2D eigenvalue weighted by atomic mass is 10.1. The highest BCUT2D eigenvalue weighted by Crippen LogP contribution is 2.10. The molecule has 0 atom stereocenters. The van der Waals surface area contributed by atoms with Crippen LogP contribution in [0.15, 0.2) is 59.5 Å². The molecule has 4 heteroatoms. The maximum Gasteiger partial charge on any atom is 0.207 e. The largest absolute Gasteiger partial charge is 0.292 e. The zero-order chi connectivity index (χ0) is 14.8. The average molecular weight is 278 g/mol. The van der Waals surface area contributed by atoms with Crippen LogP contribution in [0.5, 0.6) is 0 Å². The predicted molar refractivity (Wildman–Crippen MR) is 81.5 cm³/mol. The fraction of sp³-hybridized carbons (Fsp3) is 0.118. The van der Waals surface area contributed by atoms with Crippen molar-refractivity contribution >= 4 is 16.7 Å². The van der Waals surface area contributed by atoms with Crippen molar-refractivity contribution in [3.63, 3.8) is 0 Å². The highest BCUT2D eigenvalue weighted by Gasteiger charge is 2.10. The number of nitrogens with zero attached hydrogens (tertiary/aromatic N) is 2. The van der Waals surface area contributed by atoms with Crippen molar-refractivity contribution in [1.29, 1.82) is 0 Å². The molecule has 0 aliphatic rings. The molecular weight excluding hydrogens is 264 g/mol. The number of carbonyl (C=O) groups is 1. The standard InChI is InChI=1S/C17H14N2O2/c1-12-5-4-6-13(9-12)17(21)11-19-15-8-3-2-7-14(15)16(20)10-18-19/h2-10H,11H2,1H3. The summed E-state index contributed by atoms with van der Waals surface area (Å²) < 4.78 is 1.57. The minimum Gasteiger partial charge on any atom is -0.292 e. The number of Topliss-reactive ketones (excluding diaryl/α,β-unsaturated/α-hetero) is 1. The van der Waals surface area contributed by atoms with Gasteiger partial charge in [0.25, 0.3) is 0 Å². The van der Waals surface area contributed by atoms with Crippen molar-refractivity contribution in [2.75, 3.05) is 0 Å². The van der Waals surface area contributed by atoms with Gasteiger partial charge < -0.3 is 0 Å². The summed E-state index contributed by atoms with van der Waals surface area (Å²) in [6, 6.07) is 14.6. The van der Waals surface area contributed by atoms with Crippen LogP contribution in [-0.4, -0.2) is 15.6 Å². The number of carbonyl (C=O) groups excluding carboxylic acids is 1. The van der Waals surface area contributed by atoms with Crippen LogP contribution in [0.2, 0.25) is 0 Å². The molecule has 2 aromatic carbocycles. The SMILES string of the molecule is Cc1cccc(C(=O)Cn2ncc(=O)c3ccccc32)c1. The Labute approximate surface area is 121 Å². The van der Waals surface area contributed by atoms with Gasteiger partial charge in [0.2, 0.25) is 5.43 Å². The number of para-hydroxylation sites is 1. The normalized spacial score (nSPS) is 10.7. The van der Waals surface area contributed by atoms with Crippen molar-refractivity contribution in [2.24, 2.45) is 0 Å². The van der Waals surface area contributed by atoms with Crippen molar-refractivity contribution in [3.8, 4) is 0 Å². The third-order valence-corrected chi connectivity index (χ3v) is 3.40. The van der Waals surface area contributed by atoms with Gasteiger partial charge in [-0.3, -0.25) is 14.3 Å². The lowest BCUT2D eigenvalue weighted by Gasteiger charge is -2.08. The maximum atomic E-state index is 12.4. The predicted octanol–water partition coefficient (Wildman–Crippen LogP) is 2.59. The van der Waals surface area contributed by atoms with Crippen LogP contribution in [0.1, 0.15) is 15.9 Å². The van der Waals surface area contributed by atoms with E-state index in [2.05, 4.69) is 5.10 Å². The second-order valence-electron chi connectivity index (χ2n) is 4.98. The van der Waals surface area contributed by atoms with Gasteiger partial charge in [0.15, 0.2) is 5.78 Å². The Morgan fingerprint density at radius 1 is 1.14 bits per heavy atom. The minimum absolute atomic E-state index is 0.0278. The average Bonchev–Trinajstić information content (AvgIpc) is 2.50. The Hall–Kier alpha value is -2.75. The second-order valence-corrected chi connectivity index (χ2v) is 4.98. The maximum absolute atomic E-state index is 12.4. The number of hydrogen-bond acceptors (Lipinski definition) is 3. The van der Waals surface area contributed by atoms with E-state index in [1.807, 2.05) is 31.2 Å². The van der Waals surface area contributed by atoms with Gasteiger partial charge in [-0.25, -0.2) is 0 Å². The Balaban J connectivity index is 2.01. The fourth-order valence-electron chi connectivity index (χ4n) is 2.33. The third kappa shape index (κ3) is 2.60. The number of aromatic nitrogens is 2. The Morgan fingerprint density at radius 2 is 1.95 bits per heavy atom. The molecule has 0 saturated carbocycles. The van der Waals surface area contributed by atoms with Crippen LogP contribution < -0.4 is 5.43 Å². The highest BCUT2D eigenvalue weighted by atomic mass is 16.1. The van der Waals surface area contributed by atoms with E-state index in [9.17, 15) is 9.59 Å². The van der Waals surface area contributed by atoms with Gasteiger partial charge in [-0.15, -0.1) is 0 Å². The van der Waals surface area contributed by atoms with Crippen LogP contribution in [0.3, 0.4) is 0 Å². The summed E-state index contributed by atoms with van der Waals surface area (Å²) in [6.45, 7) is 2.06. The smallest absolute Gasteiger partial charge is 0.207 e. The zero-order valence-electron chi connectivity index (χ0n) is 11.6. The number of ketones is 1. The first-order valence-electron chi connectivity index (χ1n) is 6.70. The summed E-state index contributed by atoms with van der Waals surface area (Å²) in [5, 5.41) is 4.65. The molecule has 1 aromatic heterocycles. The first kappa shape index (κ1) is 13.2. The summed E-state index contributed by atoms with van der Waals surface area (Å²) in [7, 11) is 0. The zero-order valence-corrected chi connectivity index (χ0v) is 11.6. The van der Waals surface area contributed by atoms with Crippen molar-refractivity contribution < 1.29 is 4.79 Å². The van der Waals surface area contributed by atoms with E-state index in [0.717, 1.165) is 5.56 Å². The van der Waals surface area contributed by atoms with E-state index >= 15 is 0 Å². The molecule has 1 heterocycles. The molecule has 0 spiro atoms. The molecule has 0 aliphatic heterocycles. The van der Waals surface area contributed by atoms with Crippen LogP contribution in [-0.2, 0) is 6.54 Å². The summed E-state index contributed by atoms with van der Waals surface area (Å²) in [5.74, 6) is -0.0278. The van der Waals surface area contributed by atoms with Crippen LogP contribution in [0.4, 0.5) is 0 Å². The summed E-state index contributed by atoms with van der Waals surface area (Å²) >= 11 is 0. The Morgan fingerprint density at radius 3 is 2.76 bits per heavy atom. The van der Waals surface area contributed by atoms with E-state index in [1.54, 1.807) is 28.9 Å². The van der Waals surface area contributed by atoms with Crippen molar-refractivity contribution in [1.82, 2.24) is 9.78 Å². The van der Waals surface area contributed by atoms with Gasteiger partial charge in [0.1, 0.15) is 6.54 Å². The fourth-order valence-corrected chi connectivity index (χ4v) is 2.33. The molecule has 104 valence electrons. The highest BCUT2D eigenvalue weighted by molar-refractivity contribution is 5.96. The number of fused-ring (bicyclic) bond motifs is 1. The number of hydrogen-bond donors (Lipinski definition) is 0. The molecule has 0 fully saturated rings. The molecule has 21 heavy (non-hydrogen) atoms. The third-order valence-electron chi connectivity index (χ3n) is 3.40. The van der Waals surface area contributed by atoms with Crippen LogP contribution in [0, 0.1) is 6.92 Å². The first-order chi connectivity index (χ1) is 10.1. The molecule has 0 radical (unpaired) electrons. The van der Waals surface area contributed by atoms with E-state index < -0.39 is 0 Å². The van der Waals surface area contributed by atoms with Crippen LogP contribution in [0.25, 0.3) is 10.9 Å². The molecule has 3 aromatic rings. The van der Waals surface area contributed by atoms with E-state index in [0.29, 0.717) is 16.5 Å². The van der Waals surface area contributed by atoms with Gasteiger partial charge in [-0.05, 0) is 25.1 Å². The quantitative estimate of drug-likeness (QED) is 0.692. The lowest BCUT2D eigenvalue weighted by molar-refractivity contribution is 0.0969. The molecule has 0 aliphatic carbocycles. The van der Waals surface area contributed by atoms with E-state index in [1.165, 1.54) is 6.20 Å². The molecule has 0 N–H and O–H groups in total. The molecule has 0 bridgehead atoms. The lowest BCUT2D eigenvalue weighted by Crippen LogP contribution is -2.17. The summed E-state index contributed by atoms with van der Waals surface area (Å²) in [6.07, 6.45) is 1.26. The van der Waals surface area contributed by atoms with Gasteiger partial charge in [0.05, 0.1) is 11.7 Å². The topological polar surface area (TPSA) is 52.0 Å². The summed E-state index contributed by atoms with van der Waals surface area (Å²) in [5.41, 5.74) is 2.23. The minimum atomic E-state index is -0.134. The molecule has 0 amide bonds. The Bertz CT molecular complexity index is 881. The first-order valence-corrected chi connectivity index (χ1v) is 6.70. The van der Waals surface area contributed by atoms with Gasteiger partial charge in [-0.2, -0.15) is 5.10 Å². The van der Waals surface area contributed by atoms with Gasteiger partial charge in [-0.1, -0.05) is 35.9 Å². The number of benzene rings is 2. The van der Waals surface area contributed by atoms with Crippen molar-refractivity contribution in [2.45, 2.75) is 13.5 Å². The van der Waals surface area contributed by atoms with E-state index in [-0.39, 0.29) is 17.8 Å². The molecule has 4 nitrogen and oxygen atoms in total. The molecular formula is C17H14N2O2. The summed E-state index contributed by atoms with van der Waals surface area (Å²) in [4.78, 5) is 24.1. The molecule has 3 rings (SSSR count). The van der Waals surface area contributed by atoms with Gasteiger partial charge in [0, 0.05) is 10.9 Å². The van der Waals surface area contributed by atoms with E-state index in [4.69, 9.17) is 0 Å².